The Morgan fingerprint density at radius 1 is 1.21 bits per heavy atom. The molecule has 1 heterocycles. The number of carbonyl (C=O) groups is 2. The van der Waals surface area contributed by atoms with Crippen molar-refractivity contribution >= 4 is 11.9 Å². The van der Waals surface area contributed by atoms with E-state index in [1.165, 1.54) is 0 Å². The fourth-order valence-electron chi connectivity index (χ4n) is 3.46. The van der Waals surface area contributed by atoms with E-state index in [-0.39, 0.29) is 17.9 Å². The highest BCUT2D eigenvalue weighted by Crippen LogP contribution is 2.33. The van der Waals surface area contributed by atoms with E-state index in [1.807, 2.05) is 6.92 Å². The van der Waals surface area contributed by atoms with Gasteiger partial charge in [-0.3, -0.25) is 9.59 Å². The Kier molecular flexibility index (Phi) is 4.45. The van der Waals surface area contributed by atoms with Crippen molar-refractivity contribution in [3.63, 3.8) is 0 Å². The average molecular weight is 268 g/mol. The van der Waals surface area contributed by atoms with Gasteiger partial charge in [0.1, 0.15) is 0 Å². The van der Waals surface area contributed by atoms with Crippen molar-refractivity contribution in [1.29, 1.82) is 0 Å². The number of carbonyl (C=O) groups excluding carboxylic acids is 1. The second-order valence-corrected chi connectivity index (χ2v) is 5.96. The van der Waals surface area contributed by atoms with Gasteiger partial charge in [0.05, 0.1) is 5.92 Å². The van der Waals surface area contributed by atoms with Crippen LogP contribution in [0.15, 0.2) is 0 Å². The molecule has 1 aliphatic heterocycles. The number of nitrogens with two attached hydrogens (primary N) is 1. The van der Waals surface area contributed by atoms with E-state index in [0.717, 1.165) is 25.7 Å². The van der Waals surface area contributed by atoms with Gasteiger partial charge in [0, 0.05) is 18.5 Å². The minimum Gasteiger partial charge on any atom is -0.481 e. The summed E-state index contributed by atoms with van der Waals surface area (Å²) in [5, 5.41) is 9.11. The topological polar surface area (TPSA) is 83.6 Å². The van der Waals surface area contributed by atoms with E-state index in [0.29, 0.717) is 25.4 Å². The van der Waals surface area contributed by atoms with Gasteiger partial charge < -0.3 is 15.7 Å². The van der Waals surface area contributed by atoms with Crippen molar-refractivity contribution in [2.45, 2.75) is 45.1 Å². The number of hydrogen-bond acceptors (Lipinski definition) is 3. The number of carboxylic acid groups (broad SMARTS) is 1. The molecule has 0 spiro atoms. The molecule has 2 aliphatic rings. The molecule has 5 nitrogen and oxygen atoms in total. The zero-order valence-electron chi connectivity index (χ0n) is 11.5. The molecule has 0 radical (unpaired) electrons. The van der Waals surface area contributed by atoms with Crippen LogP contribution >= 0.6 is 0 Å². The third kappa shape index (κ3) is 2.91. The van der Waals surface area contributed by atoms with Crippen molar-refractivity contribution in [2.24, 2.45) is 23.5 Å². The first-order valence-corrected chi connectivity index (χ1v) is 7.28. The largest absolute Gasteiger partial charge is 0.481 e. The number of hydrogen-bond donors (Lipinski definition) is 2. The van der Waals surface area contributed by atoms with Crippen molar-refractivity contribution in [2.75, 3.05) is 13.1 Å². The lowest BCUT2D eigenvalue weighted by molar-refractivity contribution is -0.143. The van der Waals surface area contributed by atoms with Crippen molar-refractivity contribution in [3.05, 3.63) is 0 Å². The Morgan fingerprint density at radius 2 is 1.84 bits per heavy atom. The maximum absolute atomic E-state index is 12.5. The zero-order chi connectivity index (χ0) is 14.0. The van der Waals surface area contributed by atoms with Gasteiger partial charge in [-0.25, -0.2) is 0 Å². The number of amides is 1. The minimum absolute atomic E-state index is 0.0813. The van der Waals surface area contributed by atoms with Crippen LogP contribution in [0.2, 0.25) is 0 Å². The number of carboxylic acids is 1. The van der Waals surface area contributed by atoms with E-state index >= 15 is 0 Å². The fraction of sp³-hybridized carbons (Fsp3) is 0.857. The molecule has 0 aromatic rings. The van der Waals surface area contributed by atoms with Crippen LogP contribution in [0.5, 0.6) is 0 Å². The first-order chi connectivity index (χ1) is 9.04. The molecule has 2 rings (SSSR count). The highest BCUT2D eigenvalue weighted by molar-refractivity contribution is 5.81. The SMILES string of the molecule is CC1C(C(=O)O)CCN1C(=O)C1CCC(CN)CC1. The van der Waals surface area contributed by atoms with Gasteiger partial charge in [-0.15, -0.1) is 0 Å². The highest BCUT2D eigenvalue weighted by Gasteiger charge is 2.40. The van der Waals surface area contributed by atoms with Gasteiger partial charge in [0.25, 0.3) is 0 Å². The van der Waals surface area contributed by atoms with Gasteiger partial charge in [-0.2, -0.15) is 0 Å². The fourth-order valence-corrected chi connectivity index (χ4v) is 3.46. The smallest absolute Gasteiger partial charge is 0.308 e. The van der Waals surface area contributed by atoms with E-state index < -0.39 is 11.9 Å². The van der Waals surface area contributed by atoms with Crippen molar-refractivity contribution in [1.82, 2.24) is 4.90 Å². The summed E-state index contributed by atoms with van der Waals surface area (Å²) in [7, 11) is 0. The molecule has 1 saturated heterocycles. The van der Waals surface area contributed by atoms with Crippen LogP contribution in [0.4, 0.5) is 0 Å². The van der Waals surface area contributed by atoms with Crippen LogP contribution in [-0.4, -0.2) is 41.0 Å². The van der Waals surface area contributed by atoms with Gasteiger partial charge in [-0.1, -0.05) is 0 Å². The molecule has 2 unspecified atom stereocenters. The van der Waals surface area contributed by atoms with Gasteiger partial charge in [0.15, 0.2) is 0 Å². The molecule has 1 saturated carbocycles. The molecule has 0 aromatic heterocycles. The molecule has 1 aliphatic carbocycles. The lowest BCUT2D eigenvalue weighted by atomic mass is 9.81. The molecule has 2 atom stereocenters. The standard InChI is InChI=1S/C14H24N2O3/c1-9-12(14(18)19)6-7-16(9)13(17)11-4-2-10(8-15)3-5-11/h9-12H,2-8,15H2,1H3,(H,18,19). The summed E-state index contributed by atoms with van der Waals surface area (Å²) >= 11 is 0. The maximum Gasteiger partial charge on any atom is 0.308 e. The summed E-state index contributed by atoms with van der Waals surface area (Å²) in [6.45, 7) is 3.16. The molecule has 0 bridgehead atoms. The van der Waals surface area contributed by atoms with E-state index in [9.17, 15) is 9.59 Å². The first-order valence-electron chi connectivity index (χ1n) is 7.28. The molecule has 1 amide bonds. The van der Waals surface area contributed by atoms with Crippen molar-refractivity contribution < 1.29 is 14.7 Å². The van der Waals surface area contributed by atoms with Crippen LogP contribution < -0.4 is 5.73 Å². The molecule has 0 aromatic carbocycles. The Balaban J connectivity index is 1.92. The molecular formula is C14H24N2O3. The Morgan fingerprint density at radius 3 is 2.32 bits per heavy atom. The Bertz CT molecular complexity index is 351. The van der Waals surface area contributed by atoms with Crippen LogP contribution in [0.3, 0.4) is 0 Å². The average Bonchev–Trinajstić information content (AvgIpc) is 2.80. The summed E-state index contributed by atoms with van der Waals surface area (Å²) in [4.78, 5) is 25.3. The van der Waals surface area contributed by atoms with E-state index in [4.69, 9.17) is 10.8 Å². The molecule has 3 N–H and O–H groups in total. The molecule has 5 heteroatoms. The predicted octanol–water partition coefficient (Wildman–Crippen LogP) is 1.07. The van der Waals surface area contributed by atoms with Crippen molar-refractivity contribution in [3.8, 4) is 0 Å². The molecule has 19 heavy (non-hydrogen) atoms. The lowest BCUT2D eigenvalue weighted by Crippen LogP contribution is -2.42. The number of nitrogens with zero attached hydrogens (tertiary/aromatic N) is 1. The number of rotatable bonds is 3. The van der Waals surface area contributed by atoms with Gasteiger partial charge in [0.2, 0.25) is 5.91 Å². The minimum atomic E-state index is -0.783. The Hall–Kier alpha value is -1.10. The summed E-state index contributed by atoms with van der Waals surface area (Å²) < 4.78 is 0. The normalized spacial score (nSPS) is 35.4. The molecular weight excluding hydrogens is 244 g/mol. The van der Waals surface area contributed by atoms with Crippen LogP contribution in [0, 0.1) is 17.8 Å². The summed E-state index contributed by atoms with van der Waals surface area (Å²) in [5.74, 6) is -0.379. The molecule has 108 valence electrons. The summed E-state index contributed by atoms with van der Waals surface area (Å²) in [6.07, 6.45) is 4.44. The first kappa shape index (κ1) is 14.3. The van der Waals surface area contributed by atoms with E-state index in [2.05, 4.69) is 0 Å². The Labute approximate surface area is 114 Å². The third-order valence-electron chi connectivity index (χ3n) is 4.88. The van der Waals surface area contributed by atoms with Crippen LogP contribution in [-0.2, 0) is 9.59 Å². The van der Waals surface area contributed by atoms with Gasteiger partial charge in [-0.05, 0) is 51.5 Å². The zero-order valence-corrected chi connectivity index (χ0v) is 11.5. The monoisotopic (exact) mass is 268 g/mol. The number of aliphatic carboxylic acids is 1. The van der Waals surface area contributed by atoms with Crippen LogP contribution in [0.1, 0.15) is 39.0 Å². The second kappa shape index (κ2) is 5.90. The summed E-state index contributed by atoms with van der Waals surface area (Å²) in [6, 6.07) is -0.169. The second-order valence-electron chi connectivity index (χ2n) is 5.96. The predicted molar refractivity (Wildman–Crippen MR) is 71.4 cm³/mol. The third-order valence-corrected chi connectivity index (χ3v) is 4.88. The highest BCUT2D eigenvalue weighted by atomic mass is 16.4. The van der Waals surface area contributed by atoms with Gasteiger partial charge >= 0.3 is 5.97 Å². The quantitative estimate of drug-likeness (QED) is 0.802. The lowest BCUT2D eigenvalue weighted by Gasteiger charge is -2.32. The molecule has 2 fully saturated rings. The summed E-state index contributed by atoms with van der Waals surface area (Å²) in [5.41, 5.74) is 5.66. The van der Waals surface area contributed by atoms with E-state index in [1.54, 1.807) is 4.90 Å². The van der Waals surface area contributed by atoms with Crippen LogP contribution in [0.25, 0.3) is 0 Å². The number of likely N-dealkylation sites (tertiary alicyclic amines) is 1. The maximum atomic E-state index is 12.5.